The molecule has 3 nitrogen and oxygen atoms in total. The number of hydrogen-bond donors (Lipinski definition) is 1. The number of nitrogens with zero attached hydrogens (tertiary/aromatic N) is 1. The van der Waals surface area contributed by atoms with Crippen molar-refractivity contribution in [3.05, 3.63) is 27.7 Å². The van der Waals surface area contributed by atoms with Crippen molar-refractivity contribution in [2.24, 2.45) is 5.92 Å². The summed E-state index contributed by atoms with van der Waals surface area (Å²) in [5.74, 6) is 0.621. The molecule has 1 aromatic carbocycles. The average molecular weight is 285 g/mol. The van der Waals surface area contributed by atoms with E-state index in [4.69, 9.17) is 28.9 Å². The smallest absolute Gasteiger partial charge is 0.255 e. The highest BCUT2D eigenvalue weighted by atomic mass is 35.5. The Labute approximate surface area is 116 Å². The minimum absolute atomic E-state index is 0.0404. The van der Waals surface area contributed by atoms with Crippen LogP contribution in [0.25, 0.3) is 0 Å². The third-order valence-electron chi connectivity index (χ3n) is 3.95. The molecule has 1 heterocycles. The molecule has 1 amide bonds. The van der Waals surface area contributed by atoms with Crippen molar-refractivity contribution in [3.8, 4) is 0 Å². The third kappa shape index (κ3) is 1.86. The monoisotopic (exact) mass is 284 g/mol. The van der Waals surface area contributed by atoms with Gasteiger partial charge in [-0.3, -0.25) is 4.79 Å². The van der Waals surface area contributed by atoms with Crippen LogP contribution in [0.15, 0.2) is 12.1 Å². The Kier molecular flexibility index (Phi) is 2.91. The summed E-state index contributed by atoms with van der Waals surface area (Å²) in [7, 11) is 0. The van der Waals surface area contributed by atoms with Gasteiger partial charge in [0, 0.05) is 18.3 Å². The van der Waals surface area contributed by atoms with E-state index in [0.29, 0.717) is 33.3 Å². The van der Waals surface area contributed by atoms with Gasteiger partial charge in [0.15, 0.2) is 0 Å². The minimum atomic E-state index is -0.0404. The van der Waals surface area contributed by atoms with Crippen molar-refractivity contribution in [3.63, 3.8) is 0 Å². The first-order chi connectivity index (χ1) is 8.56. The van der Waals surface area contributed by atoms with Crippen LogP contribution in [0, 0.1) is 5.92 Å². The number of likely N-dealkylation sites (tertiary alicyclic amines) is 1. The number of carbonyl (C=O) groups excluding carboxylic acids is 1. The van der Waals surface area contributed by atoms with E-state index in [1.807, 2.05) is 4.90 Å². The molecule has 1 saturated heterocycles. The lowest BCUT2D eigenvalue weighted by atomic mass is 10.1. The van der Waals surface area contributed by atoms with E-state index < -0.39 is 0 Å². The van der Waals surface area contributed by atoms with E-state index in [2.05, 4.69) is 0 Å². The number of piperidine rings is 1. The van der Waals surface area contributed by atoms with E-state index in [1.165, 1.54) is 6.42 Å². The van der Waals surface area contributed by atoms with Gasteiger partial charge in [0.2, 0.25) is 0 Å². The Balaban J connectivity index is 1.93. The first kappa shape index (κ1) is 12.1. The maximum atomic E-state index is 12.5. The van der Waals surface area contributed by atoms with Gasteiger partial charge in [-0.15, -0.1) is 0 Å². The molecule has 96 valence electrons. The standard InChI is InChI=1S/C13H14Cl2N2O/c14-11-5-8(16)4-10(12(11)15)13(18)17-6-7-1-2-9(17)3-7/h4-5,7,9H,1-3,6,16H2. The lowest BCUT2D eigenvalue weighted by Crippen LogP contribution is -2.37. The first-order valence-electron chi connectivity index (χ1n) is 6.11. The minimum Gasteiger partial charge on any atom is -0.399 e. The Morgan fingerprint density at radius 1 is 1.33 bits per heavy atom. The van der Waals surface area contributed by atoms with Crippen LogP contribution in [0.2, 0.25) is 10.0 Å². The molecule has 0 radical (unpaired) electrons. The second-order valence-electron chi connectivity index (χ2n) is 5.15. The number of benzene rings is 1. The fourth-order valence-corrected chi connectivity index (χ4v) is 3.51. The molecule has 2 bridgehead atoms. The summed E-state index contributed by atoms with van der Waals surface area (Å²) < 4.78 is 0. The normalized spacial score (nSPS) is 25.8. The number of fused-ring (bicyclic) bond motifs is 2. The predicted molar refractivity (Wildman–Crippen MR) is 73.0 cm³/mol. The summed E-state index contributed by atoms with van der Waals surface area (Å²) in [4.78, 5) is 14.4. The molecule has 0 aromatic heterocycles. The molecule has 2 atom stereocenters. The van der Waals surface area contributed by atoms with Crippen LogP contribution >= 0.6 is 23.2 Å². The van der Waals surface area contributed by atoms with E-state index >= 15 is 0 Å². The van der Waals surface area contributed by atoms with Crippen LogP contribution in [0.3, 0.4) is 0 Å². The molecule has 2 aliphatic rings. The highest BCUT2D eigenvalue weighted by molar-refractivity contribution is 6.44. The van der Waals surface area contributed by atoms with E-state index in [9.17, 15) is 4.79 Å². The van der Waals surface area contributed by atoms with Crippen molar-refractivity contribution in [2.45, 2.75) is 25.3 Å². The summed E-state index contributed by atoms with van der Waals surface area (Å²) >= 11 is 12.1. The van der Waals surface area contributed by atoms with Crippen LogP contribution in [0.4, 0.5) is 5.69 Å². The largest absolute Gasteiger partial charge is 0.399 e. The zero-order chi connectivity index (χ0) is 12.9. The third-order valence-corrected chi connectivity index (χ3v) is 4.75. The fraction of sp³-hybridized carbons (Fsp3) is 0.462. The molecule has 3 rings (SSSR count). The van der Waals surface area contributed by atoms with Crippen LogP contribution in [-0.4, -0.2) is 23.4 Å². The quantitative estimate of drug-likeness (QED) is 0.805. The van der Waals surface area contributed by atoms with Gasteiger partial charge in [-0.05, 0) is 37.3 Å². The summed E-state index contributed by atoms with van der Waals surface area (Å²) in [5, 5.41) is 0.642. The number of halogens is 2. The highest BCUT2D eigenvalue weighted by Crippen LogP contribution is 2.39. The summed E-state index contributed by atoms with van der Waals surface area (Å²) in [6, 6.07) is 3.55. The van der Waals surface area contributed by atoms with Crippen molar-refractivity contribution < 1.29 is 4.79 Å². The van der Waals surface area contributed by atoms with Gasteiger partial charge in [-0.25, -0.2) is 0 Å². The van der Waals surface area contributed by atoms with Gasteiger partial charge in [0.05, 0.1) is 15.6 Å². The molecular formula is C13H14Cl2N2O. The molecule has 5 heteroatoms. The highest BCUT2D eigenvalue weighted by Gasteiger charge is 2.40. The van der Waals surface area contributed by atoms with Crippen LogP contribution in [0.5, 0.6) is 0 Å². The van der Waals surface area contributed by atoms with Gasteiger partial charge < -0.3 is 10.6 Å². The van der Waals surface area contributed by atoms with Crippen molar-refractivity contribution in [1.82, 2.24) is 4.90 Å². The van der Waals surface area contributed by atoms with Gasteiger partial charge in [0.25, 0.3) is 5.91 Å². The second kappa shape index (κ2) is 4.32. The maximum Gasteiger partial charge on any atom is 0.255 e. The van der Waals surface area contributed by atoms with Gasteiger partial charge in [-0.2, -0.15) is 0 Å². The molecule has 0 spiro atoms. The van der Waals surface area contributed by atoms with Crippen molar-refractivity contribution in [2.75, 3.05) is 12.3 Å². The van der Waals surface area contributed by atoms with Gasteiger partial charge in [-0.1, -0.05) is 23.2 Å². The van der Waals surface area contributed by atoms with E-state index in [0.717, 1.165) is 19.4 Å². The molecule has 1 aliphatic carbocycles. The number of nitrogens with two attached hydrogens (primary N) is 1. The predicted octanol–water partition coefficient (Wildman–Crippen LogP) is 3.20. The Morgan fingerprint density at radius 3 is 2.72 bits per heavy atom. The van der Waals surface area contributed by atoms with Gasteiger partial charge >= 0.3 is 0 Å². The van der Waals surface area contributed by atoms with E-state index in [1.54, 1.807) is 12.1 Å². The molecule has 1 aliphatic heterocycles. The molecule has 2 unspecified atom stereocenters. The van der Waals surface area contributed by atoms with Crippen molar-refractivity contribution in [1.29, 1.82) is 0 Å². The average Bonchev–Trinajstić information content (AvgIpc) is 2.94. The SMILES string of the molecule is Nc1cc(Cl)c(Cl)c(C(=O)N2CC3CCC2C3)c1. The second-order valence-corrected chi connectivity index (χ2v) is 5.94. The maximum absolute atomic E-state index is 12.5. The summed E-state index contributed by atoms with van der Waals surface area (Å²) in [5.41, 5.74) is 6.62. The van der Waals surface area contributed by atoms with Gasteiger partial charge in [0.1, 0.15) is 0 Å². The zero-order valence-electron chi connectivity index (χ0n) is 9.83. The van der Waals surface area contributed by atoms with E-state index in [-0.39, 0.29) is 5.91 Å². The number of rotatable bonds is 1. The number of nitrogen functional groups attached to an aromatic ring is 1. The molecule has 1 saturated carbocycles. The molecule has 2 fully saturated rings. The first-order valence-corrected chi connectivity index (χ1v) is 6.87. The van der Waals surface area contributed by atoms with Crippen LogP contribution in [0.1, 0.15) is 29.6 Å². The lowest BCUT2D eigenvalue weighted by molar-refractivity contribution is 0.0704. The zero-order valence-corrected chi connectivity index (χ0v) is 11.3. The van der Waals surface area contributed by atoms with Crippen LogP contribution in [-0.2, 0) is 0 Å². The number of anilines is 1. The van der Waals surface area contributed by atoms with Crippen LogP contribution < -0.4 is 5.73 Å². The molecule has 1 aromatic rings. The Morgan fingerprint density at radius 2 is 2.11 bits per heavy atom. The number of carbonyl (C=O) groups is 1. The summed E-state index contributed by atoms with van der Waals surface area (Å²) in [6.07, 6.45) is 3.46. The molecule has 18 heavy (non-hydrogen) atoms. The Bertz CT molecular complexity index is 518. The number of hydrogen-bond acceptors (Lipinski definition) is 2. The Hall–Kier alpha value is -0.930. The molecular weight excluding hydrogens is 271 g/mol. The molecule has 2 N–H and O–H groups in total. The summed E-state index contributed by atoms with van der Waals surface area (Å²) in [6.45, 7) is 0.840. The fourth-order valence-electron chi connectivity index (χ4n) is 3.09. The number of amides is 1. The van der Waals surface area contributed by atoms with Crippen molar-refractivity contribution >= 4 is 34.8 Å². The lowest BCUT2D eigenvalue weighted by Gasteiger charge is -2.27. The topological polar surface area (TPSA) is 46.3 Å².